The Balaban J connectivity index is 2.04. The molecule has 0 bridgehead atoms. The molecule has 0 radical (unpaired) electrons. The molecule has 1 heterocycles. The van der Waals surface area contributed by atoms with Crippen molar-refractivity contribution in [2.24, 2.45) is 7.05 Å². The van der Waals surface area contributed by atoms with Crippen molar-refractivity contribution in [2.75, 3.05) is 13.6 Å². The molecule has 0 spiro atoms. The molecule has 0 aliphatic heterocycles. The number of aromatic nitrogens is 2. The Morgan fingerprint density at radius 2 is 1.92 bits per heavy atom. The summed E-state index contributed by atoms with van der Waals surface area (Å²) in [6, 6.07) is 9.56. The smallest absolute Gasteiger partial charge is 0.272 e. The molecule has 0 aliphatic carbocycles. The number of hydrogen-bond acceptors (Lipinski definition) is 4. The average Bonchev–Trinajstić information content (AvgIpc) is 2.60. The van der Waals surface area contributed by atoms with Crippen molar-refractivity contribution in [1.82, 2.24) is 20.4 Å². The van der Waals surface area contributed by atoms with Crippen molar-refractivity contribution in [1.29, 1.82) is 0 Å². The van der Waals surface area contributed by atoms with E-state index in [-0.39, 0.29) is 23.7 Å². The number of benzene rings is 1. The van der Waals surface area contributed by atoms with Gasteiger partial charge in [0.2, 0.25) is 0 Å². The predicted octanol–water partition coefficient (Wildman–Crippen LogP) is -0.0786. The van der Waals surface area contributed by atoms with Crippen molar-refractivity contribution < 1.29 is 9.59 Å². The molecule has 0 atom stereocenters. The number of amides is 2. The molecule has 1 aromatic carbocycles. The summed E-state index contributed by atoms with van der Waals surface area (Å²) in [6.07, 6.45) is 0. The Morgan fingerprint density at radius 1 is 1.17 bits per heavy atom. The molecule has 2 rings (SSSR count). The topological polar surface area (TPSA) is 93.1 Å². The van der Waals surface area contributed by atoms with Crippen LogP contribution in [0, 0.1) is 11.8 Å². The summed E-state index contributed by atoms with van der Waals surface area (Å²) in [5.41, 5.74) is 0.881. The van der Waals surface area contributed by atoms with Crippen LogP contribution in [-0.2, 0) is 7.05 Å². The van der Waals surface area contributed by atoms with Gasteiger partial charge in [-0.25, -0.2) is 4.68 Å². The maximum Gasteiger partial charge on any atom is 0.272 e. The highest BCUT2D eigenvalue weighted by atomic mass is 16.2. The van der Waals surface area contributed by atoms with Gasteiger partial charge in [0.05, 0.1) is 12.1 Å². The number of carbonyl (C=O) groups is 2. The standard InChI is InChI=1S/C17H16N4O3/c1-18-16(23)13-8-4-3-6-12(13)7-5-11-19-17(24)14-9-10-15(22)21(2)20-14/h3-4,6,8-10H,11H2,1-2H3,(H,18,23)(H,19,24). The SMILES string of the molecule is CNC(=O)c1ccccc1C#CCNC(=O)c1ccc(=O)n(C)n1. The second kappa shape index (κ2) is 7.74. The van der Waals surface area contributed by atoms with Gasteiger partial charge in [-0.2, -0.15) is 5.10 Å². The van der Waals surface area contributed by atoms with Crippen LogP contribution in [0.5, 0.6) is 0 Å². The van der Waals surface area contributed by atoms with Gasteiger partial charge in [-0.3, -0.25) is 14.4 Å². The predicted molar refractivity (Wildman–Crippen MR) is 88.5 cm³/mol. The molecular formula is C17H16N4O3. The summed E-state index contributed by atoms with van der Waals surface area (Å²) < 4.78 is 1.08. The van der Waals surface area contributed by atoms with E-state index in [1.54, 1.807) is 31.3 Å². The fraction of sp³-hybridized carbons (Fsp3) is 0.176. The summed E-state index contributed by atoms with van der Waals surface area (Å²) in [4.78, 5) is 34.9. The maximum absolute atomic E-state index is 11.9. The molecule has 0 unspecified atom stereocenters. The molecule has 0 aliphatic rings. The largest absolute Gasteiger partial charge is 0.355 e. The first-order valence-corrected chi connectivity index (χ1v) is 7.15. The van der Waals surface area contributed by atoms with Crippen LogP contribution in [-0.4, -0.2) is 35.2 Å². The van der Waals surface area contributed by atoms with E-state index in [1.165, 1.54) is 19.2 Å². The van der Waals surface area contributed by atoms with Gasteiger partial charge in [0.15, 0.2) is 0 Å². The van der Waals surface area contributed by atoms with E-state index in [1.807, 2.05) is 0 Å². The lowest BCUT2D eigenvalue weighted by Gasteiger charge is -2.03. The van der Waals surface area contributed by atoms with Crippen molar-refractivity contribution in [3.05, 3.63) is 63.6 Å². The highest BCUT2D eigenvalue weighted by Gasteiger charge is 2.08. The second-order valence-corrected chi connectivity index (χ2v) is 4.79. The minimum atomic E-state index is -0.431. The lowest BCUT2D eigenvalue weighted by Crippen LogP contribution is -2.28. The Bertz CT molecular complexity index is 890. The summed E-state index contributed by atoms with van der Waals surface area (Å²) in [5, 5.41) is 8.99. The third kappa shape index (κ3) is 4.08. The zero-order valence-corrected chi connectivity index (χ0v) is 13.3. The molecule has 0 fully saturated rings. The van der Waals surface area contributed by atoms with Crippen molar-refractivity contribution in [2.45, 2.75) is 0 Å². The van der Waals surface area contributed by atoms with Gasteiger partial charge >= 0.3 is 0 Å². The first-order valence-electron chi connectivity index (χ1n) is 7.15. The Morgan fingerprint density at radius 3 is 2.62 bits per heavy atom. The van der Waals surface area contributed by atoms with E-state index in [0.717, 1.165) is 4.68 Å². The molecular weight excluding hydrogens is 308 g/mol. The van der Waals surface area contributed by atoms with E-state index >= 15 is 0 Å². The molecule has 2 amide bonds. The highest BCUT2D eigenvalue weighted by Crippen LogP contribution is 2.06. The minimum Gasteiger partial charge on any atom is -0.355 e. The fourth-order valence-electron chi connectivity index (χ4n) is 1.90. The molecule has 2 aromatic rings. The molecule has 0 saturated carbocycles. The third-order valence-electron chi connectivity index (χ3n) is 3.15. The van der Waals surface area contributed by atoms with Gasteiger partial charge in [0, 0.05) is 25.7 Å². The summed E-state index contributed by atoms with van der Waals surface area (Å²) in [5.74, 6) is 4.99. The zero-order valence-electron chi connectivity index (χ0n) is 13.3. The van der Waals surface area contributed by atoms with E-state index in [4.69, 9.17) is 0 Å². The molecule has 1 aromatic heterocycles. The zero-order chi connectivity index (χ0) is 17.5. The highest BCUT2D eigenvalue weighted by molar-refractivity contribution is 5.96. The number of rotatable bonds is 3. The normalized spacial score (nSPS) is 9.58. The van der Waals surface area contributed by atoms with Gasteiger partial charge in [-0.05, 0) is 18.2 Å². The van der Waals surface area contributed by atoms with Crippen molar-refractivity contribution in [3.63, 3.8) is 0 Å². The molecule has 122 valence electrons. The van der Waals surface area contributed by atoms with Crippen LogP contribution >= 0.6 is 0 Å². The lowest BCUT2D eigenvalue weighted by molar-refractivity contribution is 0.0947. The Kier molecular flexibility index (Phi) is 5.47. The number of hydrogen-bond donors (Lipinski definition) is 2. The summed E-state index contributed by atoms with van der Waals surface area (Å²) in [7, 11) is 3.02. The number of nitrogens with one attached hydrogen (secondary N) is 2. The van der Waals surface area contributed by atoms with Gasteiger partial charge in [-0.15, -0.1) is 0 Å². The lowest BCUT2D eigenvalue weighted by atomic mass is 10.1. The van der Waals surface area contributed by atoms with Crippen LogP contribution < -0.4 is 16.2 Å². The van der Waals surface area contributed by atoms with Crippen LogP contribution in [0.2, 0.25) is 0 Å². The van der Waals surface area contributed by atoms with E-state index in [0.29, 0.717) is 11.1 Å². The van der Waals surface area contributed by atoms with Crippen LogP contribution in [0.3, 0.4) is 0 Å². The van der Waals surface area contributed by atoms with Crippen LogP contribution in [0.1, 0.15) is 26.4 Å². The van der Waals surface area contributed by atoms with Gasteiger partial charge in [0.25, 0.3) is 17.4 Å². The van der Waals surface area contributed by atoms with Gasteiger partial charge in [-0.1, -0.05) is 24.0 Å². The molecule has 2 N–H and O–H groups in total. The third-order valence-corrected chi connectivity index (χ3v) is 3.15. The fourth-order valence-corrected chi connectivity index (χ4v) is 1.90. The molecule has 7 nitrogen and oxygen atoms in total. The Hall–Kier alpha value is -3.40. The van der Waals surface area contributed by atoms with Gasteiger partial charge < -0.3 is 10.6 Å². The molecule has 0 saturated heterocycles. The van der Waals surface area contributed by atoms with Crippen molar-refractivity contribution in [3.8, 4) is 11.8 Å². The summed E-state index contributed by atoms with van der Waals surface area (Å²) >= 11 is 0. The number of carbonyl (C=O) groups excluding carboxylic acids is 2. The van der Waals surface area contributed by atoms with E-state index < -0.39 is 5.91 Å². The first-order chi connectivity index (χ1) is 11.5. The Labute approximate surface area is 138 Å². The van der Waals surface area contributed by atoms with Crippen molar-refractivity contribution >= 4 is 11.8 Å². The first kappa shape index (κ1) is 17.0. The molecule has 7 heteroatoms. The average molecular weight is 324 g/mol. The van der Waals surface area contributed by atoms with E-state index in [2.05, 4.69) is 27.6 Å². The second-order valence-electron chi connectivity index (χ2n) is 4.79. The quantitative estimate of drug-likeness (QED) is 0.773. The minimum absolute atomic E-state index is 0.0887. The molecule has 24 heavy (non-hydrogen) atoms. The van der Waals surface area contributed by atoms with Crippen LogP contribution in [0.4, 0.5) is 0 Å². The number of aryl methyl sites for hydroxylation is 1. The van der Waals surface area contributed by atoms with Crippen LogP contribution in [0.15, 0.2) is 41.2 Å². The van der Waals surface area contributed by atoms with E-state index in [9.17, 15) is 14.4 Å². The summed E-state index contributed by atoms with van der Waals surface area (Å²) in [6.45, 7) is 0.0887. The van der Waals surface area contributed by atoms with Crippen LogP contribution in [0.25, 0.3) is 0 Å². The maximum atomic E-state index is 11.9. The number of nitrogens with zero attached hydrogens (tertiary/aromatic N) is 2. The monoisotopic (exact) mass is 324 g/mol. The van der Waals surface area contributed by atoms with Gasteiger partial charge in [0.1, 0.15) is 5.69 Å².